The third-order valence-electron chi connectivity index (χ3n) is 5.67. The predicted octanol–water partition coefficient (Wildman–Crippen LogP) is 3.17. The first kappa shape index (κ1) is 21.9. The van der Waals surface area contributed by atoms with Crippen LogP contribution in [0.25, 0.3) is 0 Å². The summed E-state index contributed by atoms with van der Waals surface area (Å²) in [5.74, 6) is -0.340. The summed E-state index contributed by atoms with van der Waals surface area (Å²) in [5.41, 5.74) is 3.32. The van der Waals surface area contributed by atoms with E-state index in [4.69, 9.17) is 0 Å². The summed E-state index contributed by atoms with van der Waals surface area (Å²) < 4.78 is 27.4. The average Bonchev–Trinajstić information content (AvgIpc) is 3.28. The molecule has 0 bridgehead atoms. The highest BCUT2D eigenvalue weighted by Gasteiger charge is 2.31. The molecule has 0 radical (unpaired) electrons. The number of anilines is 2. The van der Waals surface area contributed by atoms with Crippen molar-refractivity contribution in [2.75, 3.05) is 35.6 Å². The number of nitrogens with zero attached hydrogens (tertiary/aromatic N) is 2. The average molecular weight is 460 g/mol. The summed E-state index contributed by atoms with van der Waals surface area (Å²) >= 11 is 1.36. The number of hydrogen-bond donors (Lipinski definition) is 1. The van der Waals surface area contributed by atoms with Gasteiger partial charge in [-0.25, -0.2) is 8.42 Å². The van der Waals surface area contributed by atoms with Crippen molar-refractivity contribution in [3.8, 4) is 0 Å². The van der Waals surface area contributed by atoms with E-state index in [-0.39, 0.29) is 29.0 Å². The topological polar surface area (TPSA) is 86.8 Å². The summed E-state index contributed by atoms with van der Waals surface area (Å²) in [6.07, 6.45) is 1.70. The van der Waals surface area contributed by atoms with Gasteiger partial charge in [0.25, 0.3) is 0 Å². The zero-order valence-corrected chi connectivity index (χ0v) is 19.2. The molecule has 4 rings (SSSR count). The lowest BCUT2D eigenvalue weighted by Gasteiger charge is -2.29. The minimum absolute atomic E-state index is 0.156. The number of amides is 2. The molecule has 1 fully saturated rings. The number of benzene rings is 2. The van der Waals surface area contributed by atoms with Gasteiger partial charge in [0.2, 0.25) is 21.8 Å². The van der Waals surface area contributed by atoms with Crippen LogP contribution in [-0.2, 0) is 19.6 Å². The molecule has 1 saturated heterocycles. The van der Waals surface area contributed by atoms with Gasteiger partial charge in [0.15, 0.2) is 0 Å². The largest absolute Gasteiger partial charge is 0.325 e. The van der Waals surface area contributed by atoms with Gasteiger partial charge in [-0.2, -0.15) is 4.31 Å². The van der Waals surface area contributed by atoms with E-state index < -0.39 is 10.0 Å². The van der Waals surface area contributed by atoms with Crippen molar-refractivity contribution in [1.29, 1.82) is 0 Å². The van der Waals surface area contributed by atoms with Gasteiger partial charge in [0.1, 0.15) is 6.54 Å². The number of carbonyl (C=O) groups is 2. The second-order valence-corrected chi connectivity index (χ2v) is 10.8. The molecular weight excluding hydrogens is 434 g/mol. The Kier molecular flexibility index (Phi) is 6.09. The van der Waals surface area contributed by atoms with Gasteiger partial charge in [-0.05, 0) is 68.1 Å². The number of hydrogen-bond acceptors (Lipinski definition) is 5. The molecule has 9 heteroatoms. The lowest BCUT2D eigenvalue weighted by atomic mass is 10.1. The number of fused-ring (bicyclic) bond motifs is 1. The molecule has 2 aliphatic heterocycles. The van der Waals surface area contributed by atoms with E-state index in [1.165, 1.54) is 27.0 Å². The number of carbonyl (C=O) groups excluding carboxylic acids is 2. The Morgan fingerprint density at radius 3 is 2.52 bits per heavy atom. The zero-order chi connectivity index (χ0) is 22.2. The molecule has 2 aromatic rings. The maximum absolute atomic E-state index is 13.0. The maximum Gasteiger partial charge on any atom is 0.244 e. The van der Waals surface area contributed by atoms with Crippen LogP contribution in [0.5, 0.6) is 0 Å². The van der Waals surface area contributed by atoms with E-state index in [0.29, 0.717) is 24.5 Å². The van der Waals surface area contributed by atoms with Gasteiger partial charge in [0.05, 0.1) is 16.3 Å². The monoisotopic (exact) mass is 459 g/mol. The molecule has 2 aliphatic rings. The van der Waals surface area contributed by atoms with Gasteiger partial charge in [-0.3, -0.25) is 9.59 Å². The van der Waals surface area contributed by atoms with Crippen molar-refractivity contribution in [1.82, 2.24) is 4.31 Å². The van der Waals surface area contributed by atoms with Crippen molar-refractivity contribution in [2.24, 2.45) is 0 Å². The minimum Gasteiger partial charge on any atom is -0.325 e. The molecule has 7 nitrogen and oxygen atoms in total. The van der Waals surface area contributed by atoms with Crippen molar-refractivity contribution in [3.63, 3.8) is 0 Å². The zero-order valence-electron chi connectivity index (χ0n) is 17.6. The Balaban J connectivity index is 1.58. The minimum atomic E-state index is -3.61. The van der Waals surface area contributed by atoms with Crippen LogP contribution in [0.2, 0.25) is 0 Å². The molecule has 2 aromatic carbocycles. The molecule has 0 atom stereocenters. The standard InChI is InChI=1S/C22H25N3O4S2/c1-15-5-6-17(11-16(15)2)23-21(26)13-25-19-12-18(7-8-20(19)30-14-22(25)27)31(28,29)24-9-3-4-10-24/h5-8,11-12H,3-4,9-10,13-14H2,1-2H3,(H,23,26). The Morgan fingerprint density at radius 1 is 1.06 bits per heavy atom. The van der Waals surface area contributed by atoms with E-state index in [0.717, 1.165) is 28.9 Å². The first-order valence-electron chi connectivity index (χ1n) is 10.2. The molecule has 0 spiro atoms. The Hall–Kier alpha value is -2.36. The second kappa shape index (κ2) is 8.64. The van der Waals surface area contributed by atoms with E-state index in [1.807, 2.05) is 32.0 Å². The second-order valence-electron chi connectivity index (χ2n) is 7.86. The first-order chi connectivity index (χ1) is 14.8. The van der Waals surface area contributed by atoms with Crippen LogP contribution in [0, 0.1) is 13.8 Å². The highest BCUT2D eigenvalue weighted by Crippen LogP contribution is 2.37. The Morgan fingerprint density at radius 2 is 1.81 bits per heavy atom. The fourth-order valence-corrected chi connectivity index (χ4v) is 6.21. The van der Waals surface area contributed by atoms with Gasteiger partial charge < -0.3 is 10.2 Å². The normalized spacial score (nSPS) is 17.0. The van der Waals surface area contributed by atoms with E-state index >= 15 is 0 Å². The number of nitrogens with one attached hydrogen (secondary N) is 1. The molecule has 2 amide bonds. The molecule has 1 N–H and O–H groups in total. The van der Waals surface area contributed by atoms with Gasteiger partial charge in [-0.15, -0.1) is 11.8 Å². The van der Waals surface area contributed by atoms with Crippen LogP contribution in [0.15, 0.2) is 46.2 Å². The lowest BCUT2D eigenvalue weighted by molar-refractivity contribution is -0.120. The van der Waals surface area contributed by atoms with Crippen LogP contribution in [0.1, 0.15) is 24.0 Å². The molecule has 0 aromatic heterocycles. The molecule has 2 heterocycles. The Bertz CT molecular complexity index is 1140. The summed E-state index contributed by atoms with van der Waals surface area (Å²) in [7, 11) is -3.61. The van der Waals surface area contributed by atoms with Crippen LogP contribution in [0.3, 0.4) is 0 Å². The van der Waals surface area contributed by atoms with Crippen molar-refractivity contribution in [3.05, 3.63) is 47.5 Å². The third kappa shape index (κ3) is 4.49. The van der Waals surface area contributed by atoms with E-state index in [1.54, 1.807) is 12.1 Å². The first-order valence-corrected chi connectivity index (χ1v) is 12.6. The van der Waals surface area contributed by atoms with Crippen LogP contribution in [-0.4, -0.2) is 49.9 Å². The number of rotatable bonds is 5. The predicted molar refractivity (Wildman–Crippen MR) is 122 cm³/mol. The van der Waals surface area contributed by atoms with Gasteiger partial charge >= 0.3 is 0 Å². The highest BCUT2D eigenvalue weighted by molar-refractivity contribution is 8.00. The summed E-state index contributed by atoms with van der Waals surface area (Å²) in [5, 5.41) is 2.83. The van der Waals surface area contributed by atoms with Crippen molar-refractivity contribution in [2.45, 2.75) is 36.5 Å². The molecule has 0 saturated carbocycles. The fraction of sp³-hybridized carbons (Fsp3) is 0.364. The molecule has 164 valence electrons. The van der Waals surface area contributed by atoms with Crippen LogP contribution < -0.4 is 10.2 Å². The van der Waals surface area contributed by atoms with Crippen molar-refractivity contribution < 1.29 is 18.0 Å². The number of aryl methyl sites for hydroxylation is 2. The van der Waals surface area contributed by atoms with Crippen molar-refractivity contribution >= 4 is 45.0 Å². The lowest BCUT2D eigenvalue weighted by Crippen LogP contribution is -2.41. The summed E-state index contributed by atoms with van der Waals surface area (Å²) in [4.78, 5) is 27.6. The fourth-order valence-electron chi connectivity index (χ4n) is 3.76. The van der Waals surface area contributed by atoms with Gasteiger partial charge in [-0.1, -0.05) is 6.07 Å². The number of thioether (sulfide) groups is 1. The quantitative estimate of drug-likeness (QED) is 0.742. The molecule has 31 heavy (non-hydrogen) atoms. The summed E-state index contributed by atoms with van der Waals surface area (Å²) in [6, 6.07) is 10.5. The van der Waals surface area contributed by atoms with Crippen LogP contribution in [0.4, 0.5) is 11.4 Å². The van der Waals surface area contributed by atoms with E-state index in [9.17, 15) is 18.0 Å². The van der Waals surface area contributed by atoms with Gasteiger partial charge in [0, 0.05) is 23.7 Å². The highest BCUT2D eigenvalue weighted by atomic mass is 32.2. The maximum atomic E-state index is 13.0. The SMILES string of the molecule is Cc1ccc(NC(=O)CN2C(=O)CSc3ccc(S(=O)(=O)N4CCCC4)cc32)cc1C. The number of sulfonamides is 1. The van der Waals surface area contributed by atoms with E-state index in [2.05, 4.69) is 5.32 Å². The molecule has 0 unspecified atom stereocenters. The Labute approximate surface area is 186 Å². The molecule has 0 aliphatic carbocycles. The smallest absolute Gasteiger partial charge is 0.244 e. The van der Waals surface area contributed by atoms with Crippen LogP contribution >= 0.6 is 11.8 Å². The molecular formula is C22H25N3O4S2. The summed E-state index contributed by atoms with van der Waals surface area (Å²) in [6.45, 7) is 4.81. The third-order valence-corrected chi connectivity index (χ3v) is 8.61.